The Hall–Kier alpha value is -3.42. The Labute approximate surface area is 165 Å². The molecule has 4 rings (SSSR count). The van der Waals surface area contributed by atoms with Gasteiger partial charge in [0.2, 0.25) is 0 Å². The number of benzene rings is 2. The molecule has 0 saturated heterocycles. The summed E-state index contributed by atoms with van der Waals surface area (Å²) in [6.45, 7) is 0.614. The van der Waals surface area contributed by atoms with E-state index in [0.717, 1.165) is 36.2 Å². The van der Waals surface area contributed by atoms with Crippen LogP contribution < -0.4 is 10.2 Å². The number of hydrogen-bond donors (Lipinski definition) is 1. The van der Waals surface area contributed by atoms with Crippen molar-refractivity contribution in [2.45, 2.75) is 19.0 Å². The van der Waals surface area contributed by atoms with Crippen LogP contribution in [-0.2, 0) is 12.6 Å². The molecule has 0 saturated carbocycles. The van der Waals surface area contributed by atoms with Crippen LogP contribution in [0.15, 0.2) is 60.9 Å². The molecule has 8 heteroatoms. The van der Waals surface area contributed by atoms with Gasteiger partial charge in [0.1, 0.15) is 11.5 Å². The van der Waals surface area contributed by atoms with Gasteiger partial charge in [-0.1, -0.05) is 18.2 Å². The van der Waals surface area contributed by atoms with Crippen LogP contribution in [0.1, 0.15) is 28.0 Å². The molecule has 0 bridgehead atoms. The number of aromatic nitrogens is 2. The van der Waals surface area contributed by atoms with Crippen molar-refractivity contribution >= 4 is 23.1 Å². The fourth-order valence-corrected chi connectivity index (χ4v) is 3.28. The zero-order valence-corrected chi connectivity index (χ0v) is 15.3. The summed E-state index contributed by atoms with van der Waals surface area (Å²) >= 11 is 0. The van der Waals surface area contributed by atoms with Gasteiger partial charge >= 0.3 is 6.18 Å². The SMILES string of the molecule is O=C(c1cnc(Nc2ccc(C(F)(F)F)cc2)cn1)N1CCCc2ccccc21. The number of carbonyl (C=O) groups excluding carboxylic acids is 1. The summed E-state index contributed by atoms with van der Waals surface area (Å²) in [5.74, 6) is 0.103. The maximum atomic E-state index is 12.9. The summed E-state index contributed by atoms with van der Waals surface area (Å²) in [5.41, 5.74) is 1.94. The molecule has 0 spiro atoms. The quantitative estimate of drug-likeness (QED) is 0.687. The predicted octanol–water partition coefficient (Wildman–Crippen LogP) is 4.83. The molecule has 2 aromatic carbocycles. The highest BCUT2D eigenvalue weighted by Crippen LogP contribution is 2.30. The van der Waals surface area contributed by atoms with Crippen molar-refractivity contribution in [1.82, 2.24) is 9.97 Å². The lowest BCUT2D eigenvalue weighted by Crippen LogP contribution is -2.36. The summed E-state index contributed by atoms with van der Waals surface area (Å²) in [4.78, 5) is 22.9. The summed E-state index contributed by atoms with van der Waals surface area (Å²) in [5, 5.41) is 2.88. The van der Waals surface area contributed by atoms with E-state index < -0.39 is 11.7 Å². The van der Waals surface area contributed by atoms with E-state index in [1.807, 2.05) is 24.3 Å². The van der Waals surface area contributed by atoms with Crippen molar-refractivity contribution in [3.63, 3.8) is 0 Å². The number of halogens is 3. The molecule has 1 aromatic heterocycles. The number of rotatable bonds is 3. The molecule has 0 aliphatic carbocycles. The summed E-state index contributed by atoms with van der Waals surface area (Å²) in [6, 6.07) is 12.4. The second-order valence-corrected chi connectivity index (χ2v) is 6.68. The molecular weight excluding hydrogens is 381 g/mol. The number of hydrogen-bond acceptors (Lipinski definition) is 4. The number of alkyl halides is 3. The Balaban J connectivity index is 1.48. The molecule has 1 aliphatic rings. The minimum absolute atomic E-state index is 0.208. The fourth-order valence-electron chi connectivity index (χ4n) is 3.28. The molecule has 0 radical (unpaired) electrons. The van der Waals surface area contributed by atoms with Gasteiger partial charge in [-0.25, -0.2) is 9.97 Å². The molecule has 0 atom stereocenters. The first kappa shape index (κ1) is 18.9. The number of nitrogens with one attached hydrogen (secondary N) is 1. The molecule has 5 nitrogen and oxygen atoms in total. The van der Waals surface area contributed by atoms with E-state index >= 15 is 0 Å². The number of aryl methyl sites for hydroxylation is 1. The van der Waals surface area contributed by atoms with Crippen LogP contribution in [0.2, 0.25) is 0 Å². The Kier molecular flexibility index (Phi) is 4.92. The average Bonchev–Trinajstić information content (AvgIpc) is 2.73. The van der Waals surface area contributed by atoms with E-state index in [1.54, 1.807) is 4.90 Å². The topological polar surface area (TPSA) is 58.1 Å². The molecule has 0 unspecified atom stereocenters. The van der Waals surface area contributed by atoms with Crippen molar-refractivity contribution in [3.05, 3.63) is 77.7 Å². The van der Waals surface area contributed by atoms with Crippen molar-refractivity contribution in [2.24, 2.45) is 0 Å². The number of amides is 1. The molecule has 1 aliphatic heterocycles. The van der Waals surface area contributed by atoms with Gasteiger partial charge in [0.05, 0.1) is 18.0 Å². The first-order chi connectivity index (χ1) is 13.9. The molecule has 148 valence electrons. The lowest BCUT2D eigenvalue weighted by atomic mass is 10.0. The fraction of sp³-hybridized carbons (Fsp3) is 0.190. The third-order valence-electron chi connectivity index (χ3n) is 4.71. The van der Waals surface area contributed by atoms with E-state index in [9.17, 15) is 18.0 Å². The predicted molar refractivity (Wildman–Crippen MR) is 103 cm³/mol. The molecule has 0 fully saturated rings. The largest absolute Gasteiger partial charge is 0.416 e. The molecule has 3 aromatic rings. The van der Waals surface area contributed by atoms with Gasteiger partial charge in [-0.05, 0) is 48.7 Å². The first-order valence-corrected chi connectivity index (χ1v) is 9.08. The van der Waals surface area contributed by atoms with Gasteiger partial charge in [-0.3, -0.25) is 4.79 Å². The van der Waals surface area contributed by atoms with Gasteiger partial charge in [0.15, 0.2) is 0 Å². The average molecular weight is 398 g/mol. The van der Waals surface area contributed by atoms with E-state index in [-0.39, 0.29) is 11.6 Å². The number of fused-ring (bicyclic) bond motifs is 1. The Bertz CT molecular complexity index is 1020. The highest BCUT2D eigenvalue weighted by atomic mass is 19.4. The lowest BCUT2D eigenvalue weighted by Gasteiger charge is -2.29. The second-order valence-electron chi connectivity index (χ2n) is 6.68. The molecular formula is C21H17F3N4O. The van der Waals surface area contributed by atoms with Crippen LogP contribution in [-0.4, -0.2) is 22.4 Å². The normalized spacial score (nSPS) is 13.7. The smallest absolute Gasteiger partial charge is 0.339 e. The van der Waals surface area contributed by atoms with Crippen molar-refractivity contribution in [3.8, 4) is 0 Å². The van der Waals surface area contributed by atoms with Crippen molar-refractivity contribution in [1.29, 1.82) is 0 Å². The number of anilines is 3. The third-order valence-corrected chi connectivity index (χ3v) is 4.71. The van der Waals surface area contributed by atoms with Crippen LogP contribution >= 0.6 is 0 Å². The maximum absolute atomic E-state index is 12.9. The lowest BCUT2D eigenvalue weighted by molar-refractivity contribution is -0.137. The Morgan fingerprint density at radius 1 is 1.00 bits per heavy atom. The summed E-state index contributed by atoms with van der Waals surface area (Å²) in [7, 11) is 0. The summed E-state index contributed by atoms with van der Waals surface area (Å²) < 4.78 is 37.9. The molecule has 1 amide bonds. The van der Waals surface area contributed by atoms with Crippen LogP contribution in [0, 0.1) is 0 Å². The number of nitrogens with zero attached hydrogens (tertiary/aromatic N) is 3. The van der Waals surface area contributed by atoms with Gasteiger partial charge < -0.3 is 10.2 Å². The zero-order valence-electron chi connectivity index (χ0n) is 15.3. The van der Waals surface area contributed by atoms with Gasteiger partial charge in [0.25, 0.3) is 5.91 Å². The van der Waals surface area contributed by atoms with Gasteiger partial charge in [-0.15, -0.1) is 0 Å². The second kappa shape index (κ2) is 7.54. The molecule has 2 heterocycles. The molecule has 29 heavy (non-hydrogen) atoms. The van der Waals surface area contributed by atoms with Crippen LogP contribution in [0.3, 0.4) is 0 Å². The van der Waals surface area contributed by atoms with E-state index in [0.29, 0.717) is 18.1 Å². The van der Waals surface area contributed by atoms with Gasteiger partial charge in [-0.2, -0.15) is 13.2 Å². The zero-order chi connectivity index (χ0) is 20.4. The van der Waals surface area contributed by atoms with Crippen molar-refractivity contribution < 1.29 is 18.0 Å². The van der Waals surface area contributed by atoms with E-state index in [1.165, 1.54) is 24.5 Å². The summed E-state index contributed by atoms with van der Waals surface area (Å²) in [6.07, 6.45) is 0.186. The first-order valence-electron chi connectivity index (χ1n) is 9.08. The number of carbonyl (C=O) groups is 1. The van der Waals surface area contributed by atoms with E-state index in [2.05, 4.69) is 15.3 Å². The van der Waals surface area contributed by atoms with E-state index in [4.69, 9.17) is 0 Å². The van der Waals surface area contributed by atoms with Crippen molar-refractivity contribution in [2.75, 3.05) is 16.8 Å². The maximum Gasteiger partial charge on any atom is 0.416 e. The molecule has 1 N–H and O–H groups in total. The Morgan fingerprint density at radius 3 is 2.45 bits per heavy atom. The van der Waals surface area contributed by atoms with Crippen LogP contribution in [0.25, 0.3) is 0 Å². The Morgan fingerprint density at radius 2 is 1.76 bits per heavy atom. The third kappa shape index (κ3) is 4.06. The standard InChI is InChI=1S/C21H17F3N4O/c22-21(23,24)15-7-9-16(10-8-15)27-19-13-25-17(12-26-19)20(29)28-11-3-5-14-4-1-2-6-18(14)28/h1-2,4,6-10,12-13H,3,5,11H2,(H,26,27). The highest BCUT2D eigenvalue weighted by Gasteiger charge is 2.30. The minimum atomic E-state index is -4.38. The minimum Gasteiger partial charge on any atom is -0.339 e. The van der Waals surface area contributed by atoms with Gasteiger partial charge in [0, 0.05) is 17.9 Å². The van der Waals surface area contributed by atoms with Crippen LogP contribution in [0.4, 0.5) is 30.4 Å². The van der Waals surface area contributed by atoms with Crippen LogP contribution in [0.5, 0.6) is 0 Å². The highest BCUT2D eigenvalue weighted by molar-refractivity contribution is 6.05. The monoisotopic (exact) mass is 398 g/mol. The number of para-hydroxylation sites is 1.